The summed E-state index contributed by atoms with van der Waals surface area (Å²) in [5.74, 6) is 2.72. The summed E-state index contributed by atoms with van der Waals surface area (Å²) in [6, 6.07) is 9.51. The molecule has 2 aromatic rings. The molecule has 0 bridgehead atoms. The van der Waals surface area contributed by atoms with Gasteiger partial charge in [0.25, 0.3) is 0 Å². The van der Waals surface area contributed by atoms with Gasteiger partial charge in [-0.2, -0.15) is 16.9 Å². The number of nitrogens with two attached hydrogens (primary N) is 1. The van der Waals surface area contributed by atoms with E-state index in [9.17, 15) is 4.79 Å². The van der Waals surface area contributed by atoms with E-state index in [-0.39, 0.29) is 24.2 Å². The Morgan fingerprint density at radius 1 is 1.42 bits per heavy atom. The van der Waals surface area contributed by atoms with Crippen molar-refractivity contribution in [3.05, 3.63) is 36.2 Å². The first kappa shape index (κ1) is 20.7. The Labute approximate surface area is 164 Å². The molecule has 26 heavy (non-hydrogen) atoms. The Balaban J connectivity index is 0.00000243. The number of carbonyl (C=O) groups is 1. The van der Waals surface area contributed by atoms with Gasteiger partial charge >= 0.3 is 0 Å². The molecule has 1 aromatic heterocycles. The fourth-order valence-electron chi connectivity index (χ4n) is 3.18. The molecule has 1 fully saturated rings. The fraction of sp³-hybridized carbons (Fsp3) is 0.500. The molecular formula is C18H26ClN5OS. The number of halogens is 1. The monoisotopic (exact) mass is 395 g/mol. The van der Waals surface area contributed by atoms with Crippen LogP contribution in [0.1, 0.15) is 31.0 Å². The molecule has 1 aliphatic rings. The van der Waals surface area contributed by atoms with Crippen molar-refractivity contribution in [2.24, 2.45) is 5.73 Å². The van der Waals surface area contributed by atoms with Crippen LogP contribution in [-0.4, -0.2) is 57.1 Å². The van der Waals surface area contributed by atoms with Crippen LogP contribution in [0.3, 0.4) is 0 Å². The minimum atomic E-state index is -0.402. The zero-order valence-electron chi connectivity index (χ0n) is 14.9. The molecule has 142 valence electrons. The zero-order chi connectivity index (χ0) is 17.6. The Kier molecular flexibility index (Phi) is 7.93. The first-order valence-corrected chi connectivity index (χ1v) is 10.1. The highest BCUT2D eigenvalue weighted by Gasteiger charge is 2.29. The highest BCUT2D eigenvalue weighted by Crippen LogP contribution is 2.26. The number of piperidine rings is 1. The molecule has 6 nitrogen and oxygen atoms in total. The van der Waals surface area contributed by atoms with Crippen molar-refractivity contribution >= 4 is 30.1 Å². The third-order valence-corrected chi connectivity index (χ3v) is 5.25. The quantitative estimate of drug-likeness (QED) is 0.785. The number of hydrogen-bond acceptors (Lipinski definition) is 5. The molecule has 0 spiro atoms. The molecule has 1 saturated heterocycles. The second-order valence-electron chi connectivity index (χ2n) is 6.42. The summed E-state index contributed by atoms with van der Waals surface area (Å²) >= 11 is 1.72. The Bertz CT molecular complexity index is 696. The van der Waals surface area contributed by atoms with Gasteiger partial charge in [-0.05, 0) is 31.3 Å². The number of carbonyl (C=O) groups excluding carboxylic acids is 1. The van der Waals surface area contributed by atoms with Crippen LogP contribution in [-0.2, 0) is 4.79 Å². The number of aromatic amines is 1. The van der Waals surface area contributed by atoms with Gasteiger partial charge < -0.3 is 10.6 Å². The van der Waals surface area contributed by atoms with Crippen LogP contribution in [0.15, 0.2) is 30.3 Å². The number of rotatable bonds is 6. The number of nitrogens with zero attached hydrogens (tertiary/aromatic N) is 3. The molecule has 3 N–H and O–H groups in total. The van der Waals surface area contributed by atoms with E-state index >= 15 is 0 Å². The third-order valence-electron chi connectivity index (χ3n) is 4.60. The van der Waals surface area contributed by atoms with E-state index in [0.29, 0.717) is 12.4 Å². The van der Waals surface area contributed by atoms with Gasteiger partial charge in [-0.3, -0.25) is 9.89 Å². The van der Waals surface area contributed by atoms with Crippen LogP contribution >= 0.6 is 24.2 Å². The molecule has 0 radical (unpaired) electrons. The average Bonchev–Trinajstić information content (AvgIpc) is 3.16. The second kappa shape index (κ2) is 9.94. The summed E-state index contributed by atoms with van der Waals surface area (Å²) in [4.78, 5) is 19.1. The van der Waals surface area contributed by atoms with Crippen molar-refractivity contribution in [3.63, 3.8) is 0 Å². The molecule has 2 heterocycles. The molecule has 2 unspecified atom stereocenters. The lowest BCUT2D eigenvalue weighted by Crippen LogP contribution is -2.47. The van der Waals surface area contributed by atoms with Gasteiger partial charge in [0.05, 0.1) is 6.04 Å². The van der Waals surface area contributed by atoms with E-state index in [1.807, 2.05) is 41.5 Å². The molecule has 8 heteroatoms. The van der Waals surface area contributed by atoms with Crippen LogP contribution in [0.4, 0.5) is 0 Å². The SMILES string of the molecule is CSCCC(N)C(=O)N1CCCC(c2nc(-c3ccccc3)n[nH]2)C1.Cl. The number of aromatic nitrogens is 3. The van der Waals surface area contributed by atoms with Crippen molar-refractivity contribution in [2.75, 3.05) is 25.1 Å². The van der Waals surface area contributed by atoms with Gasteiger partial charge in [0.2, 0.25) is 5.91 Å². The number of likely N-dealkylation sites (tertiary alicyclic amines) is 1. The zero-order valence-corrected chi connectivity index (χ0v) is 16.6. The van der Waals surface area contributed by atoms with E-state index in [4.69, 9.17) is 5.73 Å². The predicted molar refractivity (Wildman–Crippen MR) is 109 cm³/mol. The highest BCUT2D eigenvalue weighted by molar-refractivity contribution is 7.98. The molecule has 3 rings (SSSR count). The van der Waals surface area contributed by atoms with Crippen molar-refractivity contribution in [1.82, 2.24) is 20.1 Å². The van der Waals surface area contributed by atoms with Gasteiger partial charge in [0.1, 0.15) is 5.82 Å². The third kappa shape index (κ3) is 4.99. The lowest BCUT2D eigenvalue weighted by molar-refractivity contribution is -0.133. The maximum absolute atomic E-state index is 12.6. The van der Waals surface area contributed by atoms with Crippen molar-refractivity contribution in [2.45, 2.75) is 31.2 Å². The fourth-order valence-corrected chi connectivity index (χ4v) is 3.67. The smallest absolute Gasteiger partial charge is 0.239 e. The van der Waals surface area contributed by atoms with Crippen molar-refractivity contribution in [1.29, 1.82) is 0 Å². The first-order valence-electron chi connectivity index (χ1n) is 8.70. The molecule has 0 saturated carbocycles. The molecule has 1 aromatic carbocycles. The average molecular weight is 396 g/mol. The van der Waals surface area contributed by atoms with Crippen LogP contribution in [0.2, 0.25) is 0 Å². The lowest BCUT2D eigenvalue weighted by atomic mass is 9.96. The predicted octanol–water partition coefficient (Wildman–Crippen LogP) is 2.68. The first-order chi connectivity index (χ1) is 12.2. The number of hydrogen-bond donors (Lipinski definition) is 2. The maximum atomic E-state index is 12.6. The summed E-state index contributed by atoms with van der Waals surface area (Å²) in [7, 11) is 0. The minimum Gasteiger partial charge on any atom is -0.341 e. The number of benzene rings is 1. The summed E-state index contributed by atoms with van der Waals surface area (Å²) in [6.45, 7) is 1.44. The largest absolute Gasteiger partial charge is 0.341 e. The standard InChI is InChI=1S/C18H25N5OS.ClH/c1-25-11-9-15(19)18(24)23-10-5-8-14(12-23)17-20-16(21-22-17)13-6-3-2-4-7-13;/h2-4,6-7,14-15H,5,8-12,19H2,1H3,(H,20,21,22);1H. The van der Waals surface area contributed by atoms with E-state index < -0.39 is 6.04 Å². The van der Waals surface area contributed by atoms with E-state index in [2.05, 4.69) is 15.2 Å². The van der Waals surface area contributed by atoms with Crippen LogP contribution in [0.25, 0.3) is 11.4 Å². The van der Waals surface area contributed by atoms with Crippen LogP contribution in [0.5, 0.6) is 0 Å². The van der Waals surface area contributed by atoms with Gasteiger partial charge in [-0.1, -0.05) is 30.3 Å². The second-order valence-corrected chi connectivity index (χ2v) is 7.41. The van der Waals surface area contributed by atoms with Gasteiger partial charge in [-0.15, -0.1) is 12.4 Å². The molecular weight excluding hydrogens is 370 g/mol. The van der Waals surface area contributed by atoms with Crippen molar-refractivity contribution < 1.29 is 4.79 Å². The summed E-state index contributed by atoms with van der Waals surface area (Å²) in [5.41, 5.74) is 7.05. The molecule has 0 aliphatic carbocycles. The molecule has 1 amide bonds. The van der Waals surface area contributed by atoms with E-state index in [1.165, 1.54) is 0 Å². The summed E-state index contributed by atoms with van der Waals surface area (Å²) in [6.07, 6.45) is 4.73. The van der Waals surface area contributed by atoms with Gasteiger partial charge in [0.15, 0.2) is 5.82 Å². The maximum Gasteiger partial charge on any atom is 0.239 e. The number of thioether (sulfide) groups is 1. The van der Waals surface area contributed by atoms with Gasteiger partial charge in [0, 0.05) is 24.6 Å². The molecule has 1 aliphatic heterocycles. The van der Waals surface area contributed by atoms with Crippen molar-refractivity contribution in [3.8, 4) is 11.4 Å². The van der Waals surface area contributed by atoms with Crippen LogP contribution in [0, 0.1) is 0 Å². The topological polar surface area (TPSA) is 87.9 Å². The Morgan fingerprint density at radius 2 is 2.19 bits per heavy atom. The Morgan fingerprint density at radius 3 is 2.92 bits per heavy atom. The van der Waals surface area contributed by atoms with Gasteiger partial charge in [-0.25, -0.2) is 4.98 Å². The van der Waals surface area contributed by atoms with E-state index in [1.54, 1.807) is 11.8 Å². The van der Waals surface area contributed by atoms with Crippen LogP contribution < -0.4 is 5.73 Å². The van der Waals surface area contributed by atoms with E-state index in [0.717, 1.165) is 42.9 Å². The summed E-state index contributed by atoms with van der Waals surface area (Å²) in [5, 5.41) is 7.40. The number of H-pyrrole nitrogens is 1. The minimum absolute atomic E-state index is 0. The Hall–Kier alpha value is -1.57. The number of nitrogens with one attached hydrogen (secondary N) is 1. The lowest BCUT2D eigenvalue weighted by Gasteiger charge is -2.33. The normalized spacial score (nSPS) is 18.2. The molecule has 2 atom stereocenters. The number of amides is 1. The summed E-state index contributed by atoms with van der Waals surface area (Å²) < 4.78 is 0. The highest BCUT2D eigenvalue weighted by atomic mass is 35.5.